The number of amides is 1. The van der Waals surface area contributed by atoms with E-state index in [1.165, 1.54) is 4.57 Å². The van der Waals surface area contributed by atoms with Crippen LogP contribution in [0, 0.1) is 0 Å². The summed E-state index contributed by atoms with van der Waals surface area (Å²) < 4.78 is 1.43. The number of hydrogen-bond donors (Lipinski definition) is 2. The van der Waals surface area contributed by atoms with E-state index >= 15 is 0 Å². The molecular formula is C16H19N3O3. The summed E-state index contributed by atoms with van der Waals surface area (Å²) >= 11 is 0. The van der Waals surface area contributed by atoms with Crippen LogP contribution in [0.2, 0.25) is 0 Å². The molecule has 2 heterocycles. The first-order valence-electron chi connectivity index (χ1n) is 7.44. The number of piperidine rings is 1. The number of likely N-dealkylation sites (tertiary alicyclic amines) is 1. The van der Waals surface area contributed by atoms with Gasteiger partial charge in [0, 0.05) is 25.6 Å². The van der Waals surface area contributed by atoms with E-state index in [0.29, 0.717) is 38.0 Å². The fourth-order valence-corrected chi connectivity index (χ4v) is 3.00. The molecule has 1 aliphatic heterocycles. The summed E-state index contributed by atoms with van der Waals surface area (Å²) in [7, 11) is 0. The van der Waals surface area contributed by atoms with E-state index in [1.54, 1.807) is 4.90 Å². The molecule has 1 aliphatic rings. The number of nitrogens with zero attached hydrogens (tertiary/aromatic N) is 2. The maximum atomic E-state index is 12.2. The fraction of sp³-hybridized carbons (Fsp3) is 0.375. The zero-order valence-corrected chi connectivity index (χ0v) is 12.2. The van der Waals surface area contributed by atoms with Crippen molar-refractivity contribution in [1.29, 1.82) is 0 Å². The molecule has 3 rings (SSSR count). The molecule has 0 saturated carbocycles. The topological polar surface area (TPSA) is 78.3 Å². The van der Waals surface area contributed by atoms with Crippen LogP contribution in [0.5, 0.6) is 5.88 Å². The van der Waals surface area contributed by atoms with Crippen molar-refractivity contribution >= 4 is 6.41 Å². The number of rotatable bonds is 4. The Bertz CT molecular complexity index is 697. The number of nitrogens with one attached hydrogen (secondary N) is 1. The van der Waals surface area contributed by atoms with Crippen molar-refractivity contribution < 1.29 is 9.90 Å². The third-order valence-electron chi connectivity index (χ3n) is 4.21. The molecular weight excluding hydrogens is 282 g/mol. The molecule has 2 N–H and O–H groups in total. The average Bonchev–Trinajstić information content (AvgIpc) is 2.82. The van der Waals surface area contributed by atoms with Gasteiger partial charge >= 0.3 is 5.69 Å². The lowest BCUT2D eigenvalue weighted by Crippen LogP contribution is -2.36. The Hall–Kier alpha value is -2.50. The normalized spacial score (nSPS) is 15.9. The second-order valence-electron chi connectivity index (χ2n) is 5.64. The molecule has 0 atom stereocenters. The summed E-state index contributed by atoms with van der Waals surface area (Å²) in [5, 5.41) is 10.4. The van der Waals surface area contributed by atoms with E-state index in [-0.39, 0.29) is 17.6 Å². The Morgan fingerprint density at radius 1 is 1.23 bits per heavy atom. The van der Waals surface area contributed by atoms with Gasteiger partial charge in [-0.15, -0.1) is 0 Å². The maximum Gasteiger partial charge on any atom is 0.328 e. The van der Waals surface area contributed by atoms with Crippen molar-refractivity contribution in [1.82, 2.24) is 14.5 Å². The number of aromatic hydroxyl groups is 1. The quantitative estimate of drug-likeness (QED) is 0.835. The van der Waals surface area contributed by atoms with Gasteiger partial charge in [0.05, 0.1) is 5.69 Å². The summed E-state index contributed by atoms with van der Waals surface area (Å²) in [5.74, 6) is 0.0124. The first-order chi connectivity index (χ1) is 10.7. The molecule has 1 aromatic heterocycles. The van der Waals surface area contributed by atoms with E-state index in [4.69, 9.17) is 0 Å². The van der Waals surface area contributed by atoms with Crippen molar-refractivity contribution in [3.63, 3.8) is 0 Å². The lowest BCUT2D eigenvalue weighted by molar-refractivity contribution is -0.119. The van der Waals surface area contributed by atoms with E-state index in [9.17, 15) is 14.7 Å². The number of hydrogen-bond acceptors (Lipinski definition) is 3. The lowest BCUT2D eigenvalue weighted by Gasteiger charge is -2.29. The van der Waals surface area contributed by atoms with Gasteiger partial charge in [-0.2, -0.15) is 0 Å². The third kappa shape index (κ3) is 2.77. The molecule has 0 aliphatic carbocycles. The van der Waals surface area contributed by atoms with Crippen molar-refractivity contribution in [3.8, 4) is 5.88 Å². The van der Waals surface area contributed by atoms with E-state index in [2.05, 4.69) is 4.98 Å². The van der Waals surface area contributed by atoms with Crippen LogP contribution in [0.4, 0.5) is 0 Å². The van der Waals surface area contributed by atoms with Crippen LogP contribution in [0.1, 0.15) is 30.1 Å². The van der Waals surface area contributed by atoms with Gasteiger partial charge in [0.1, 0.15) is 0 Å². The first kappa shape index (κ1) is 14.4. The van der Waals surface area contributed by atoms with Crippen molar-refractivity contribution in [2.24, 2.45) is 0 Å². The molecule has 1 fully saturated rings. The third-order valence-corrected chi connectivity index (χ3v) is 4.21. The Morgan fingerprint density at radius 3 is 2.55 bits per heavy atom. The molecule has 116 valence electrons. The minimum atomic E-state index is -0.284. The number of aromatic nitrogens is 2. The zero-order valence-electron chi connectivity index (χ0n) is 12.2. The van der Waals surface area contributed by atoms with Crippen molar-refractivity contribution in [3.05, 3.63) is 52.1 Å². The molecule has 0 bridgehead atoms. The Morgan fingerprint density at radius 2 is 1.91 bits per heavy atom. The zero-order chi connectivity index (χ0) is 15.5. The second kappa shape index (κ2) is 6.09. The van der Waals surface area contributed by atoms with Gasteiger partial charge in [0.25, 0.3) is 0 Å². The monoisotopic (exact) mass is 301 g/mol. The molecule has 2 aromatic rings. The summed E-state index contributed by atoms with van der Waals surface area (Å²) in [6.07, 6.45) is 2.67. The molecule has 1 aromatic carbocycles. The molecule has 6 heteroatoms. The second-order valence-corrected chi connectivity index (χ2v) is 5.64. The van der Waals surface area contributed by atoms with Crippen LogP contribution in [0.25, 0.3) is 0 Å². The minimum Gasteiger partial charge on any atom is -0.493 e. The number of carbonyl (C=O) groups excluding carboxylic acids is 1. The SMILES string of the molecule is O=CN1CCC(n2c(O)c(Cc3ccccc3)[nH]c2=O)CC1. The number of carbonyl (C=O) groups is 1. The van der Waals surface area contributed by atoms with Crippen LogP contribution in [-0.2, 0) is 11.2 Å². The van der Waals surface area contributed by atoms with Crippen LogP contribution >= 0.6 is 0 Å². The van der Waals surface area contributed by atoms with Gasteiger partial charge in [-0.05, 0) is 18.4 Å². The highest BCUT2D eigenvalue weighted by molar-refractivity contribution is 5.47. The molecule has 0 radical (unpaired) electrons. The van der Waals surface area contributed by atoms with Crippen molar-refractivity contribution in [2.75, 3.05) is 13.1 Å². The predicted octanol–water partition coefficient (Wildman–Crippen LogP) is 1.27. The van der Waals surface area contributed by atoms with Crippen molar-refractivity contribution in [2.45, 2.75) is 25.3 Å². The highest BCUT2D eigenvalue weighted by Gasteiger charge is 2.25. The van der Waals surface area contributed by atoms with Gasteiger partial charge in [0.2, 0.25) is 12.3 Å². The largest absolute Gasteiger partial charge is 0.493 e. The average molecular weight is 301 g/mol. The Labute approximate surface area is 128 Å². The van der Waals surface area contributed by atoms with Crippen LogP contribution in [0.15, 0.2) is 35.1 Å². The highest BCUT2D eigenvalue weighted by atomic mass is 16.3. The molecule has 6 nitrogen and oxygen atoms in total. The molecule has 22 heavy (non-hydrogen) atoms. The summed E-state index contributed by atoms with van der Waals surface area (Å²) in [6, 6.07) is 9.63. The van der Waals surface area contributed by atoms with Gasteiger partial charge in [0.15, 0.2) is 0 Å². The van der Waals surface area contributed by atoms with Gasteiger partial charge in [-0.1, -0.05) is 30.3 Å². The maximum absolute atomic E-state index is 12.2. The number of imidazole rings is 1. The highest BCUT2D eigenvalue weighted by Crippen LogP contribution is 2.27. The van der Waals surface area contributed by atoms with Crippen LogP contribution in [-0.4, -0.2) is 39.1 Å². The first-order valence-corrected chi connectivity index (χ1v) is 7.44. The fourth-order valence-electron chi connectivity index (χ4n) is 3.00. The molecule has 0 spiro atoms. The van der Waals surface area contributed by atoms with Gasteiger partial charge in [-0.3, -0.25) is 9.36 Å². The molecule has 1 amide bonds. The van der Waals surface area contributed by atoms with Gasteiger partial charge < -0.3 is 15.0 Å². The Balaban J connectivity index is 1.82. The van der Waals surface area contributed by atoms with Gasteiger partial charge in [-0.25, -0.2) is 4.79 Å². The van der Waals surface area contributed by atoms with E-state index in [1.807, 2.05) is 30.3 Å². The lowest BCUT2D eigenvalue weighted by atomic mass is 10.1. The minimum absolute atomic E-state index is 0.0124. The Kier molecular flexibility index (Phi) is 4.00. The van der Waals surface area contributed by atoms with E-state index in [0.717, 1.165) is 12.0 Å². The number of benzene rings is 1. The number of aromatic amines is 1. The predicted molar refractivity (Wildman–Crippen MR) is 81.9 cm³/mol. The van der Waals surface area contributed by atoms with E-state index < -0.39 is 0 Å². The molecule has 1 saturated heterocycles. The smallest absolute Gasteiger partial charge is 0.328 e. The van der Waals surface area contributed by atoms with Crippen LogP contribution in [0.3, 0.4) is 0 Å². The summed E-state index contributed by atoms with van der Waals surface area (Å²) in [6.45, 7) is 1.22. The summed E-state index contributed by atoms with van der Waals surface area (Å²) in [4.78, 5) is 27.4. The van der Waals surface area contributed by atoms with Crippen LogP contribution < -0.4 is 5.69 Å². The summed E-state index contributed by atoms with van der Waals surface area (Å²) in [5.41, 5.74) is 1.28. The standard InChI is InChI=1S/C16H19N3O3/c20-11-18-8-6-13(7-9-18)19-15(21)14(17-16(19)22)10-12-4-2-1-3-5-12/h1-5,11,13,21H,6-10H2,(H,17,22). The molecule has 0 unspecified atom stereocenters. The number of H-pyrrole nitrogens is 1.